The highest BCUT2D eigenvalue weighted by atomic mass is 28.4. The van der Waals surface area contributed by atoms with Crippen molar-refractivity contribution in [2.45, 2.75) is 88.4 Å². The van der Waals surface area contributed by atoms with Gasteiger partial charge in [-0.05, 0) is 34.8 Å². The minimum atomic E-state index is -2.72. The maximum absolute atomic E-state index is 13.9. The molecule has 1 unspecified atom stereocenters. The third kappa shape index (κ3) is 7.69. The van der Waals surface area contributed by atoms with Gasteiger partial charge in [-0.3, -0.25) is 0 Å². The van der Waals surface area contributed by atoms with E-state index in [9.17, 15) is 9.90 Å². The first kappa shape index (κ1) is 35.7. The van der Waals surface area contributed by atoms with Crippen LogP contribution in [0.4, 0.5) is 0 Å². The van der Waals surface area contributed by atoms with E-state index in [0.29, 0.717) is 0 Å². The van der Waals surface area contributed by atoms with Crippen molar-refractivity contribution in [3.8, 4) is 0 Å². The van der Waals surface area contributed by atoms with Crippen LogP contribution in [0, 0.1) is 0 Å². The number of carboxylic acids is 1. The molecule has 0 aliphatic carbocycles. The molecule has 46 heavy (non-hydrogen) atoms. The van der Waals surface area contributed by atoms with E-state index in [1.165, 1.54) is 13.2 Å². The first-order valence-electron chi connectivity index (χ1n) is 15.6. The Morgan fingerprint density at radius 1 is 0.870 bits per heavy atom. The molecule has 0 aromatic heterocycles. The van der Waals surface area contributed by atoms with Crippen LogP contribution in [0.1, 0.15) is 37.5 Å². The average molecular weight is 649 g/mol. The Hall–Kier alpha value is -3.15. The fraction of sp³-hybridized carbons (Fsp3) is 0.432. The van der Waals surface area contributed by atoms with Crippen molar-refractivity contribution in [3.63, 3.8) is 0 Å². The largest absolute Gasteiger partial charge is 0.479 e. The Balaban J connectivity index is 1.84. The standard InChI is InChI=1S/C37H48O8Si/c1-8-36(45-46(6,7)35(2,3)4,27-41-24-28-18-12-9-13-19-28)37(34(38)39)32(43-26-30-22-16-11-17-23-30)31(33(40-5)44-37)42-25-29-20-14-10-15-21-29/h8-23,31-33H,1,24-27H2,2-7H3,(H,38,39)/t31-,32-,33-,36?,37+/m1/s1. The maximum Gasteiger partial charge on any atom is 0.342 e. The highest BCUT2D eigenvalue weighted by Gasteiger charge is 2.73. The van der Waals surface area contributed by atoms with Crippen molar-refractivity contribution in [2.75, 3.05) is 13.7 Å². The topological polar surface area (TPSA) is 92.7 Å². The van der Waals surface area contributed by atoms with Gasteiger partial charge in [-0.2, -0.15) is 0 Å². The van der Waals surface area contributed by atoms with E-state index >= 15 is 0 Å². The molecule has 3 aromatic rings. The molecular formula is C37H48O8Si. The highest BCUT2D eigenvalue weighted by Crippen LogP contribution is 2.50. The Morgan fingerprint density at radius 2 is 1.35 bits per heavy atom. The molecular weight excluding hydrogens is 600 g/mol. The molecule has 1 aliphatic heterocycles. The van der Waals surface area contributed by atoms with Gasteiger partial charge in [0.05, 0.1) is 26.4 Å². The number of aliphatic carboxylic acids is 1. The van der Waals surface area contributed by atoms with Gasteiger partial charge in [0, 0.05) is 7.11 Å². The molecule has 1 aliphatic rings. The van der Waals surface area contributed by atoms with Crippen molar-refractivity contribution >= 4 is 14.3 Å². The summed E-state index contributed by atoms with van der Waals surface area (Å²) in [4.78, 5) is 13.9. The van der Waals surface area contributed by atoms with E-state index in [2.05, 4.69) is 40.4 Å². The lowest BCUT2D eigenvalue weighted by Crippen LogP contribution is -2.71. The second-order valence-electron chi connectivity index (χ2n) is 13.2. The number of ether oxygens (including phenoxy) is 5. The number of rotatable bonds is 16. The van der Waals surface area contributed by atoms with Crippen molar-refractivity contribution in [2.24, 2.45) is 0 Å². The molecule has 0 amide bonds. The minimum Gasteiger partial charge on any atom is -0.479 e. The van der Waals surface area contributed by atoms with Gasteiger partial charge in [0.2, 0.25) is 5.60 Å². The molecule has 9 heteroatoms. The van der Waals surface area contributed by atoms with Gasteiger partial charge in [0.15, 0.2) is 14.6 Å². The summed E-state index contributed by atoms with van der Waals surface area (Å²) in [6, 6.07) is 28.9. The first-order chi connectivity index (χ1) is 21.9. The van der Waals surface area contributed by atoms with Gasteiger partial charge < -0.3 is 33.2 Å². The number of carboxylic acid groups (broad SMARTS) is 1. The zero-order valence-electron chi connectivity index (χ0n) is 27.8. The van der Waals surface area contributed by atoms with Crippen LogP contribution in [0.2, 0.25) is 18.1 Å². The van der Waals surface area contributed by atoms with E-state index in [-0.39, 0.29) is 31.5 Å². The fourth-order valence-corrected chi connectivity index (χ4v) is 6.95. The highest BCUT2D eigenvalue weighted by molar-refractivity contribution is 6.74. The summed E-state index contributed by atoms with van der Waals surface area (Å²) >= 11 is 0. The summed E-state index contributed by atoms with van der Waals surface area (Å²) in [6.45, 7) is 14.9. The number of methoxy groups -OCH3 is 1. The third-order valence-electron chi connectivity index (χ3n) is 9.01. The lowest BCUT2D eigenvalue weighted by Gasteiger charge is -2.51. The van der Waals surface area contributed by atoms with E-state index in [4.69, 9.17) is 28.1 Å². The van der Waals surface area contributed by atoms with E-state index in [1.807, 2.05) is 91.0 Å². The van der Waals surface area contributed by atoms with Crippen molar-refractivity contribution < 1.29 is 38.0 Å². The van der Waals surface area contributed by atoms with Gasteiger partial charge in [0.25, 0.3) is 0 Å². The predicted molar refractivity (Wildman–Crippen MR) is 180 cm³/mol. The van der Waals surface area contributed by atoms with Gasteiger partial charge in [-0.15, -0.1) is 6.58 Å². The summed E-state index contributed by atoms with van der Waals surface area (Å²) in [7, 11) is -1.26. The minimum absolute atomic E-state index is 0.101. The van der Waals surface area contributed by atoms with Crippen LogP contribution in [-0.2, 0) is 52.7 Å². The van der Waals surface area contributed by atoms with Crippen LogP contribution in [-0.4, -0.2) is 62.8 Å². The second-order valence-corrected chi connectivity index (χ2v) is 17.9. The number of hydrogen-bond donors (Lipinski definition) is 1. The molecule has 0 saturated carbocycles. The Bertz CT molecular complexity index is 1400. The second kappa shape index (κ2) is 15.2. The van der Waals surface area contributed by atoms with Crippen LogP contribution < -0.4 is 0 Å². The summed E-state index contributed by atoms with van der Waals surface area (Å²) in [5, 5.41) is 11.1. The van der Waals surface area contributed by atoms with Crippen LogP contribution >= 0.6 is 0 Å². The lowest BCUT2D eigenvalue weighted by molar-refractivity contribution is -0.244. The smallest absolute Gasteiger partial charge is 0.342 e. The molecule has 1 N–H and O–H groups in total. The molecule has 3 aromatic carbocycles. The SMILES string of the molecule is C=CC(COCc1ccccc1)(O[Si](C)(C)C(C)(C)C)[C@]1(C(=O)O)O[C@@H](OC)[C@H](OCc2ccccc2)[C@H]1OCc1ccccc1. The lowest BCUT2D eigenvalue weighted by atomic mass is 9.78. The van der Waals surface area contributed by atoms with E-state index in [1.54, 1.807) is 0 Å². The zero-order valence-corrected chi connectivity index (χ0v) is 28.8. The van der Waals surface area contributed by atoms with E-state index < -0.39 is 44.0 Å². The van der Waals surface area contributed by atoms with Gasteiger partial charge in [-0.1, -0.05) is 118 Å². The molecule has 0 spiro atoms. The van der Waals surface area contributed by atoms with Crippen LogP contribution in [0.5, 0.6) is 0 Å². The zero-order chi connectivity index (χ0) is 33.4. The number of hydrogen-bond acceptors (Lipinski definition) is 7. The number of benzene rings is 3. The molecule has 0 radical (unpaired) electrons. The normalized spacial score (nSPS) is 23.1. The number of carbonyl (C=O) groups is 1. The van der Waals surface area contributed by atoms with Crippen LogP contribution in [0.25, 0.3) is 0 Å². The van der Waals surface area contributed by atoms with E-state index in [0.717, 1.165) is 16.7 Å². The maximum atomic E-state index is 13.9. The molecule has 5 atom stereocenters. The molecule has 1 heterocycles. The summed E-state index contributed by atoms with van der Waals surface area (Å²) < 4.78 is 38.8. The molecule has 1 saturated heterocycles. The van der Waals surface area contributed by atoms with Crippen LogP contribution in [0.3, 0.4) is 0 Å². The van der Waals surface area contributed by atoms with Crippen molar-refractivity contribution in [3.05, 3.63) is 120 Å². The summed E-state index contributed by atoms with van der Waals surface area (Å²) in [5.41, 5.74) is -1.18. The van der Waals surface area contributed by atoms with Gasteiger partial charge >= 0.3 is 5.97 Å². The van der Waals surface area contributed by atoms with Gasteiger partial charge in [-0.25, -0.2) is 4.79 Å². The quantitative estimate of drug-likeness (QED) is 0.129. The summed E-state index contributed by atoms with van der Waals surface area (Å²) in [6.07, 6.45) is -1.72. The Labute approximate surface area is 274 Å². The molecule has 0 bridgehead atoms. The van der Waals surface area contributed by atoms with Crippen LogP contribution in [0.15, 0.2) is 104 Å². The Kier molecular flexibility index (Phi) is 11.8. The first-order valence-corrected chi connectivity index (χ1v) is 18.5. The predicted octanol–water partition coefficient (Wildman–Crippen LogP) is 7.15. The molecule has 248 valence electrons. The Morgan fingerprint density at radius 3 is 1.78 bits per heavy atom. The fourth-order valence-electron chi connectivity index (χ4n) is 5.44. The molecule has 1 fully saturated rings. The van der Waals surface area contributed by atoms with Gasteiger partial charge in [0.1, 0.15) is 17.8 Å². The molecule has 8 nitrogen and oxygen atoms in total. The third-order valence-corrected chi connectivity index (χ3v) is 13.5. The average Bonchev–Trinajstić information content (AvgIpc) is 3.38. The van der Waals surface area contributed by atoms with Crippen molar-refractivity contribution in [1.82, 2.24) is 0 Å². The monoisotopic (exact) mass is 648 g/mol. The molecule has 4 rings (SSSR count). The van der Waals surface area contributed by atoms with Crippen molar-refractivity contribution in [1.29, 1.82) is 0 Å². The summed E-state index contributed by atoms with van der Waals surface area (Å²) in [5.74, 6) is -1.29.